The van der Waals surface area contributed by atoms with Gasteiger partial charge in [-0.15, -0.1) is 0 Å². The van der Waals surface area contributed by atoms with Gasteiger partial charge >= 0.3 is 0 Å². The number of nitrogens with zero attached hydrogens (tertiary/aromatic N) is 2. The molecule has 1 aliphatic carbocycles. The largest absolute Gasteiger partial charge is 0.265 e. The van der Waals surface area contributed by atoms with Crippen molar-refractivity contribution in [2.75, 3.05) is 0 Å². The summed E-state index contributed by atoms with van der Waals surface area (Å²) in [7, 11) is 0. The molecule has 0 bridgehead atoms. The summed E-state index contributed by atoms with van der Waals surface area (Å²) in [6.07, 6.45) is 26.1. The molecule has 0 N–H and O–H groups in total. The Hall–Kier alpha value is -5.08. The predicted molar refractivity (Wildman–Crippen MR) is 195 cm³/mol. The van der Waals surface area contributed by atoms with Gasteiger partial charge in [-0.1, -0.05) is 116 Å². The minimum Gasteiger partial charge on any atom is -0.265 e. The SMILES string of the molecule is C=C\C=C/C(C(=C)C)=C(C(/C=C\C)=C(/CC)CC1C=CC=CC1)\c1ccc2cc(-c3cccc(-c4ccncc4)n3)ccc2c1. The van der Waals surface area contributed by atoms with E-state index in [4.69, 9.17) is 4.98 Å². The molecule has 4 aromatic rings. The molecule has 2 heterocycles. The first-order valence-electron chi connectivity index (χ1n) is 15.8. The molecular weight excluding hydrogens is 544 g/mol. The number of hydrogen-bond donors (Lipinski definition) is 0. The van der Waals surface area contributed by atoms with Gasteiger partial charge in [-0.25, -0.2) is 4.98 Å². The van der Waals surface area contributed by atoms with Gasteiger partial charge in [0.1, 0.15) is 0 Å². The molecule has 0 spiro atoms. The van der Waals surface area contributed by atoms with Crippen LogP contribution in [0.1, 0.15) is 45.6 Å². The van der Waals surface area contributed by atoms with Crippen molar-refractivity contribution in [1.82, 2.24) is 9.97 Å². The Labute approximate surface area is 269 Å². The maximum Gasteiger partial charge on any atom is 0.0710 e. The van der Waals surface area contributed by atoms with Crippen LogP contribution in [0.25, 0.3) is 38.9 Å². The summed E-state index contributed by atoms with van der Waals surface area (Å²) < 4.78 is 0. The first kappa shape index (κ1) is 31.3. The number of aromatic nitrogens is 2. The predicted octanol–water partition coefficient (Wildman–Crippen LogP) is 11.8. The van der Waals surface area contributed by atoms with E-state index >= 15 is 0 Å². The second-order valence-electron chi connectivity index (χ2n) is 11.5. The minimum absolute atomic E-state index is 0.504. The van der Waals surface area contributed by atoms with Crippen LogP contribution in [-0.2, 0) is 0 Å². The first-order chi connectivity index (χ1) is 22.0. The number of hydrogen-bond acceptors (Lipinski definition) is 2. The van der Waals surface area contributed by atoms with Gasteiger partial charge in [-0.05, 0) is 108 Å². The van der Waals surface area contributed by atoms with Gasteiger partial charge in [-0.2, -0.15) is 0 Å². The van der Waals surface area contributed by atoms with Gasteiger partial charge in [0.15, 0.2) is 0 Å². The lowest BCUT2D eigenvalue weighted by molar-refractivity contribution is 0.635. The molecule has 5 rings (SSSR count). The molecule has 1 atom stereocenters. The Balaban J connectivity index is 1.63. The van der Waals surface area contributed by atoms with Crippen molar-refractivity contribution in [3.63, 3.8) is 0 Å². The average molecular weight is 587 g/mol. The Morgan fingerprint density at radius 3 is 2.33 bits per heavy atom. The van der Waals surface area contributed by atoms with Crippen LogP contribution in [0.5, 0.6) is 0 Å². The number of fused-ring (bicyclic) bond motifs is 1. The monoisotopic (exact) mass is 586 g/mol. The molecular formula is C43H42N2. The van der Waals surface area contributed by atoms with Crippen molar-refractivity contribution in [3.8, 4) is 22.5 Å². The quantitative estimate of drug-likeness (QED) is 0.163. The molecule has 0 saturated carbocycles. The zero-order chi connectivity index (χ0) is 31.6. The molecule has 2 aromatic heterocycles. The van der Waals surface area contributed by atoms with Crippen molar-refractivity contribution >= 4 is 16.3 Å². The normalized spacial score (nSPS) is 15.8. The summed E-state index contributed by atoms with van der Waals surface area (Å²) in [6.45, 7) is 14.8. The highest BCUT2D eigenvalue weighted by Crippen LogP contribution is 2.38. The van der Waals surface area contributed by atoms with E-state index in [-0.39, 0.29) is 0 Å². The first-order valence-corrected chi connectivity index (χ1v) is 15.8. The van der Waals surface area contributed by atoms with Crippen molar-refractivity contribution in [3.05, 3.63) is 175 Å². The third-order valence-electron chi connectivity index (χ3n) is 8.27. The van der Waals surface area contributed by atoms with Crippen LogP contribution < -0.4 is 0 Å². The fourth-order valence-electron chi connectivity index (χ4n) is 5.99. The Morgan fingerprint density at radius 2 is 1.64 bits per heavy atom. The Kier molecular flexibility index (Phi) is 10.5. The van der Waals surface area contributed by atoms with E-state index in [2.05, 4.69) is 130 Å². The zero-order valence-electron chi connectivity index (χ0n) is 26.7. The number of pyridine rings is 2. The minimum atomic E-state index is 0.504. The summed E-state index contributed by atoms with van der Waals surface area (Å²) in [4.78, 5) is 9.12. The van der Waals surface area contributed by atoms with E-state index in [1.807, 2.05) is 30.4 Å². The van der Waals surface area contributed by atoms with E-state index in [0.717, 1.165) is 52.9 Å². The lowest BCUT2D eigenvalue weighted by atomic mass is 9.82. The van der Waals surface area contributed by atoms with E-state index in [9.17, 15) is 0 Å². The van der Waals surface area contributed by atoms with Crippen molar-refractivity contribution < 1.29 is 0 Å². The maximum absolute atomic E-state index is 4.97. The summed E-state index contributed by atoms with van der Waals surface area (Å²) in [5.41, 5.74) is 11.3. The van der Waals surface area contributed by atoms with Crippen molar-refractivity contribution in [2.45, 2.75) is 40.0 Å². The Bertz CT molecular complexity index is 1880. The van der Waals surface area contributed by atoms with Crippen LogP contribution in [0.3, 0.4) is 0 Å². The van der Waals surface area contributed by atoms with Crippen LogP contribution in [0, 0.1) is 5.92 Å². The smallest absolute Gasteiger partial charge is 0.0710 e. The van der Waals surface area contributed by atoms with E-state index in [1.54, 1.807) is 12.4 Å². The van der Waals surface area contributed by atoms with Gasteiger partial charge in [-0.3, -0.25) is 4.98 Å². The van der Waals surface area contributed by atoms with Crippen molar-refractivity contribution in [2.24, 2.45) is 5.92 Å². The molecule has 1 unspecified atom stereocenters. The van der Waals surface area contributed by atoms with Crippen molar-refractivity contribution in [1.29, 1.82) is 0 Å². The number of allylic oxidation sites excluding steroid dienone is 14. The van der Waals surface area contributed by atoms with E-state index < -0.39 is 0 Å². The van der Waals surface area contributed by atoms with Gasteiger partial charge in [0.2, 0.25) is 0 Å². The van der Waals surface area contributed by atoms with Gasteiger partial charge in [0, 0.05) is 23.5 Å². The van der Waals surface area contributed by atoms with Crippen LogP contribution >= 0.6 is 0 Å². The summed E-state index contributed by atoms with van der Waals surface area (Å²) in [5.74, 6) is 0.504. The molecule has 224 valence electrons. The van der Waals surface area contributed by atoms with Crippen LogP contribution in [0.15, 0.2) is 169 Å². The third-order valence-corrected chi connectivity index (χ3v) is 8.27. The lowest BCUT2D eigenvalue weighted by Crippen LogP contribution is -2.04. The molecule has 2 nitrogen and oxygen atoms in total. The highest BCUT2D eigenvalue weighted by Gasteiger charge is 2.18. The third kappa shape index (κ3) is 7.53. The fraction of sp³-hybridized carbons (Fsp3) is 0.163. The molecule has 0 saturated heterocycles. The molecule has 1 aliphatic rings. The number of rotatable bonds is 11. The second kappa shape index (κ2) is 15.1. The van der Waals surface area contributed by atoms with Crippen LogP contribution in [0.2, 0.25) is 0 Å². The molecule has 45 heavy (non-hydrogen) atoms. The van der Waals surface area contributed by atoms with Gasteiger partial charge in [0.25, 0.3) is 0 Å². The fourth-order valence-corrected chi connectivity index (χ4v) is 5.99. The van der Waals surface area contributed by atoms with Gasteiger partial charge < -0.3 is 0 Å². The lowest BCUT2D eigenvalue weighted by Gasteiger charge is -2.22. The van der Waals surface area contributed by atoms with Gasteiger partial charge in [0.05, 0.1) is 11.4 Å². The molecule has 0 radical (unpaired) electrons. The average Bonchev–Trinajstić information content (AvgIpc) is 3.08. The summed E-state index contributed by atoms with van der Waals surface area (Å²) >= 11 is 0. The van der Waals surface area contributed by atoms with Crippen LogP contribution in [0.4, 0.5) is 0 Å². The highest BCUT2D eigenvalue weighted by atomic mass is 14.7. The van der Waals surface area contributed by atoms with Crippen LogP contribution in [-0.4, -0.2) is 9.97 Å². The second-order valence-corrected chi connectivity index (χ2v) is 11.5. The molecule has 2 heteroatoms. The maximum atomic E-state index is 4.97. The molecule has 2 aromatic carbocycles. The molecule has 0 amide bonds. The standard InChI is InChI=1S/C43H42N2/c1-6-9-17-39(31(4)5)43(40(14-7-2)33(8-3)28-32-15-11-10-12-16-32)38-23-21-35-29-37(22-20-36(35)30-38)42-19-13-18-41(45-42)34-24-26-44-27-25-34/h6-7,9-15,17-27,29-30,32H,1,4,8,16,28H2,2-3,5H3/b14-7-,17-9-,40-33-,43-39-. The Morgan fingerprint density at radius 1 is 0.889 bits per heavy atom. The van der Waals surface area contributed by atoms with E-state index in [1.165, 1.54) is 33.1 Å². The zero-order valence-corrected chi connectivity index (χ0v) is 26.7. The van der Waals surface area contributed by atoms with E-state index in [0.29, 0.717) is 5.92 Å². The highest BCUT2D eigenvalue weighted by molar-refractivity contribution is 5.95. The summed E-state index contributed by atoms with van der Waals surface area (Å²) in [6, 6.07) is 23.6. The summed E-state index contributed by atoms with van der Waals surface area (Å²) in [5, 5.41) is 2.36. The molecule has 0 fully saturated rings. The molecule has 0 aliphatic heterocycles. The number of benzene rings is 2. The topological polar surface area (TPSA) is 25.8 Å².